The fourth-order valence-electron chi connectivity index (χ4n) is 1.69. The second-order valence-electron chi connectivity index (χ2n) is 3.83. The standard InChI is InChI=1S/C12H12FN3O2/c1-16-5-4-11(15-16)10-3-2-9(13)6-8(10)7-14-12(17)18/h2-6,14H,7H2,1H3,(H,17,18). The van der Waals surface area contributed by atoms with Crippen molar-refractivity contribution in [3.05, 3.63) is 41.8 Å². The number of halogens is 1. The largest absolute Gasteiger partial charge is 0.465 e. The fraction of sp³-hybridized carbons (Fsp3) is 0.167. The number of aryl methyl sites for hydroxylation is 1. The normalized spacial score (nSPS) is 10.3. The Labute approximate surface area is 103 Å². The molecule has 1 aromatic heterocycles. The van der Waals surface area contributed by atoms with Crippen molar-refractivity contribution in [2.24, 2.45) is 7.05 Å². The van der Waals surface area contributed by atoms with Crippen LogP contribution in [-0.4, -0.2) is 21.0 Å². The maximum Gasteiger partial charge on any atom is 0.404 e. The molecular weight excluding hydrogens is 237 g/mol. The lowest BCUT2D eigenvalue weighted by Crippen LogP contribution is -2.20. The van der Waals surface area contributed by atoms with Crippen molar-refractivity contribution in [2.75, 3.05) is 0 Å². The summed E-state index contributed by atoms with van der Waals surface area (Å²) in [5, 5.41) is 15.0. The van der Waals surface area contributed by atoms with E-state index in [9.17, 15) is 9.18 Å². The zero-order valence-corrected chi connectivity index (χ0v) is 9.72. The van der Waals surface area contributed by atoms with E-state index in [1.165, 1.54) is 12.1 Å². The minimum atomic E-state index is -1.15. The predicted octanol–water partition coefficient (Wildman–Crippen LogP) is 1.99. The van der Waals surface area contributed by atoms with Gasteiger partial charge >= 0.3 is 6.09 Å². The Morgan fingerprint density at radius 3 is 2.89 bits per heavy atom. The molecule has 94 valence electrons. The molecule has 0 bridgehead atoms. The van der Waals surface area contributed by atoms with E-state index in [0.29, 0.717) is 16.8 Å². The number of carbonyl (C=O) groups is 1. The molecule has 0 aliphatic heterocycles. The minimum absolute atomic E-state index is 0.0407. The predicted molar refractivity (Wildman–Crippen MR) is 63.5 cm³/mol. The second kappa shape index (κ2) is 4.87. The van der Waals surface area contributed by atoms with E-state index in [4.69, 9.17) is 5.11 Å². The summed E-state index contributed by atoms with van der Waals surface area (Å²) in [4.78, 5) is 10.5. The van der Waals surface area contributed by atoms with E-state index in [1.54, 1.807) is 30.1 Å². The van der Waals surface area contributed by atoms with Crippen LogP contribution < -0.4 is 5.32 Å². The van der Waals surface area contributed by atoms with Crippen molar-refractivity contribution >= 4 is 6.09 Å². The molecule has 0 saturated heterocycles. The van der Waals surface area contributed by atoms with Crippen molar-refractivity contribution < 1.29 is 14.3 Å². The average Bonchev–Trinajstić information content (AvgIpc) is 2.73. The summed E-state index contributed by atoms with van der Waals surface area (Å²) >= 11 is 0. The molecule has 2 N–H and O–H groups in total. The Morgan fingerprint density at radius 1 is 1.50 bits per heavy atom. The van der Waals surface area contributed by atoms with Gasteiger partial charge in [0.25, 0.3) is 0 Å². The summed E-state index contributed by atoms with van der Waals surface area (Å²) in [6.45, 7) is 0.0407. The average molecular weight is 249 g/mol. The first-order valence-electron chi connectivity index (χ1n) is 5.31. The third kappa shape index (κ3) is 2.65. The molecule has 1 aromatic carbocycles. The highest BCUT2D eigenvalue weighted by atomic mass is 19.1. The van der Waals surface area contributed by atoms with Crippen LogP contribution in [0.4, 0.5) is 9.18 Å². The number of amides is 1. The van der Waals surface area contributed by atoms with Crippen LogP contribution in [0.3, 0.4) is 0 Å². The molecular formula is C12H12FN3O2. The number of nitrogens with one attached hydrogen (secondary N) is 1. The van der Waals surface area contributed by atoms with Crippen molar-refractivity contribution in [3.8, 4) is 11.3 Å². The Hall–Kier alpha value is -2.37. The van der Waals surface area contributed by atoms with Crippen LogP contribution in [0.15, 0.2) is 30.5 Å². The molecule has 0 aliphatic carbocycles. The molecule has 6 heteroatoms. The van der Waals surface area contributed by atoms with Crippen LogP contribution in [0.2, 0.25) is 0 Å². The summed E-state index contributed by atoms with van der Waals surface area (Å²) in [5.74, 6) is -0.406. The Bertz CT molecular complexity index is 580. The smallest absolute Gasteiger partial charge is 0.404 e. The van der Waals surface area contributed by atoms with Gasteiger partial charge < -0.3 is 10.4 Å². The zero-order chi connectivity index (χ0) is 13.1. The molecule has 0 fully saturated rings. The lowest BCUT2D eigenvalue weighted by atomic mass is 10.0. The molecule has 0 atom stereocenters. The second-order valence-corrected chi connectivity index (χ2v) is 3.83. The molecule has 1 amide bonds. The number of benzene rings is 1. The Kier molecular flexibility index (Phi) is 3.27. The van der Waals surface area contributed by atoms with Crippen molar-refractivity contribution in [3.63, 3.8) is 0 Å². The maximum atomic E-state index is 13.2. The third-order valence-corrected chi connectivity index (χ3v) is 2.49. The van der Waals surface area contributed by atoms with Gasteiger partial charge in [-0.2, -0.15) is 5.10 Å². The molecule has 0 saturated carbocycles. The van der Waals surface area contributed by atoms with Gasteiger partial charge in [0, 0.05) is 25.4 Å². The van der Waals surface area contributed by atoms with E-state index in [1.807, 2.05) is 0 Å². The molecule has 2 aromatic rings. The summed E-state index contributed by atoms with van der Waals surface area (Å²) in [6.07, 6.45) is 0.624. The van der Waals surface area contributed by atoms with Crippen LogP contribution in [0, 0.1) is 5.82 Å². The Balaban J connectivity index is 2.37. The van der Waals surface area contributed by atoms with Crippen LogP contribution in [0.1, 0.15) is 5.56 Å². The molecule has 0 radical (unpaired) electrons. The first kappa shape index (κ1) is 12.1. The summed E-state index contributed by atoms with van der Waals surface area (Å²) in [5.41, 5.74) is 1.95. The number of nitrogens with zero attached hydrogens (tertiary/aromatic N) is 2. The molecule has 18 heavy (non-hydrogen) atoms. The fourth-order valence-corrected chi connectivity index (χ4v) is 1.69. The van der Waals surface area contributed by atoms with Crippen LogP contribution in [0.25, 0.3) is 11.3 Å². The van der Waals surface area contributed by atoms with Crippen molar-refractivity contribution in [1.29, 1.82) is 0 Å². The van der Waals surface area contributed by atoms with Gasteiger partial charge in [-0.3, -0.25) is 4.68 Å². The summed E-state index contributed by atoms with van der Waals surface area (Å²) < 4.78 is 14.8. The highest BCUT2D eigenvalue weighted by molar-refractivity contribution is 5.67. The van der Waals surface area contributed by atoms with Gasteiger partial charge in [-0.1, -0.05) is 0 Å². The number of rotatable bonds is 3. The number of carboxylic acid groups (broad SMARTS) is 1. The number of aromatic nitrogens is 2. The van der Waals surface area contributed by atoms with Gasteiger partial charge in [-0.05, 0) is 29.8 Å². The van der Waals surface area contributed by atoms with Crippen molar-refractivity contribution in [1.82, 2.24) is 15.1 Å². The highest BCUT2D eigenvalue weighted by Gasteiger charge is 2.09. The van der Waals surface area contributed by atoms with Gasteiger partial charge in [-0.15, -0.1) is 0 Å². The Morgan fingerprint density at radius 2 is 2.28 bits per heavy atom. The molecule has 0 spiro atoms. The SMILES string of the molecule is Cn1ccc(-c2ccc(F)cc2CNC(=O)O)n1. The molecule has 0 unspecified atom stereocenters. The summed E-state index contributed by atoms with van der Waals surface area (Å²) in [7, 11) is 1.78. The lowest BCUT2D eigenvalue weighted by molar-refractivity contribution is 0.194. The highest BCUT2D eigenvalue weighted by Crippen LogP contribution is 2.22. The van der Waals surface area contributed by atoms with Gasteiger partial charge in [0.2, 0.25) is 0 Å². The number of hydrogen-bond donors (Lipinski definition) is 2. The van der Waals surface area contributed by atoms with Crippen LogP contribution in [0.5, 0.6) is 0 Å². The summed E-state index contributed by atoms with van der Waals surface area (Å²) in [6, 6.07) is 6.02. The van der Waals surface area contributed by atoms with Crippen molar-refractivity contribution in [2.45, 2.75) is 6.54 Å². The van der Waals surface area contributed by atoms with Gasteiger partial charge in [0.1, 0.15) is 5.82 Å². The maximum absolute atomic E-state index is 13.2. The monoisotopic (exact) mass is 249 g/mol. The van der Waals surface area contributed by atoms with Crippen LogP contribution >= 0.6 is 0 Å². The molecule has 1 heterocycles. The van der Waals surface area contributed by atoms with Gasteiger partial charge in [0.15, 0.2) is 0 Å². The molecule has 2 rings (SSSR count). The zero-order valence-electron chi connectivity index (χ0n) is 9.72. The van der Waals surface area contributed by atoms with Gasteiger partial charge in [-0.25, -0.2) is 9.18 Å². The first-order valence-corrected chi connectivity index (χ1v) is 5.31. The van der Waals surface area contributed by atoms with E-state index in [2.05, 4.69) is 10.4 Å². The number of hydrogen-bond acceptors (Lipinski definition) is 2. The van der Waals surface area contributed by atoms with E-state index < -0.39 is 11.9 Å². The van der Waals surface area contributed by atoms with Gasteiger partial charge in [0.05, 0.1) is 5.69 Å². The minimum Gasteiger partial charge on any atom is -0.465 e. The molecule has 0 aliphatic rings. The van der Waals surface area contributed by atoms with Crippen LogP contribution in [-0.2, 0) is 13.6 Å². The van der Waals surface area contributed by atoms with E-state index in [0.717, 1.165) is 0 Å². The topological polar surface area (TPSA) is 67.2 Å². The quantitative estimate of drug-likeness (QED) is 0.874. The van der Waals surface area contributed by atoms with E-state index in [-0.39, 0.29) is 6.54 Å². The lowest BCUT2D eigenvalue weighted by Gasteiger charge is -2.07. The first-order chi connectivity index (χ1) is 8.56. The third-order valence-electron chi connectivity index (χ3n) is 2.49. The van der Waals surface area contributed by atoms with E-state index >= 15 is 0 Å². The molecule has 5 nitrogen and oxygen atoms in total.